The monoisotopic (exact) mass is 606 g/mol. The average Bonchev–Trinajstić information content (AvgIpc) is 3.04. The van der Waals surface area contributed by atoms with Gasteiger partial charge in [0.1, 0.15) is 12.2 Å². The largest absolute Gasteiger partial charge is 0.462 e. The predicted octanol–water partition coefficient (Wildman–Crippen LogP) is 6.02. The number of carbonyl (C=O) groups is 2. The van der Waals surface area contributed by atoms with Crippen molar-refractivity contribution in [3.8, 4) is 0 Å². The standard InChI is InChI=1S/C32H54O7Si2/c1-18-14-20(33)26(35)30(8)19(18)15-22-32-17-36-31(9,21(32)16-23(34)37-22)27(39-41(12,13)29(5,6)7)24(25(30)32)38-40(10,11)28(2,3)4/h14,19,21-22,24-27,35H,15-17H2,1-13H3/t19-,21-,22+,24+,25+,26+,27-,30-,31-,32+/m0/s1. The number of hydrogen-bond acceptors (Lipinski definition) is 7. The van der Waals surface area contributed by atoms with Crippen LogP contribution in [-0.2, 0) is 27.9 Å². The van der Waals surface area contributed by atoms with Crippen molar-refractivity contribution in [2.45, 2.75) is 141 Å². The highest BCUT2D eigenvalue weighted by Crippen LogP contribution is 2.73. The van der Waals surface area contributed by atoms with E-state index in [4.69, 9.17) is 18.3 Å². The van der Waals surface area contributed by atoms with Crippen molar-refractivity contribution in [3.05, 3.63) is 11.6 Å². The molecule has 1 spiro atoms. The van der Waals surface area contributed by atoms with Gasteiger partial charge in [-0.05, 0) is 68.5 Å². The zero-order valence-corrected chi connectivity index (χ0v) is 29.6. The van der Waals surface area contributed by atoms with E-state index < -0.39 is 51.4 Å². The van der Waals surface area contributed by atoms with Gasteiger partial charge >= 0.3 is 5.97 Å². The van der Waals surface area contributed by atoms with Crippen molar-refractivity contribution < 1.29 is 33.0 Å². The summed E-state index contributed by atoms with van der Waals surface area (Å²) in [5, 5.41) is 11.8. The molecule has 0 unspecified atom stereocenters. The molecule has 2 saturated carbocycles. The maximum Gasteiger partial charge on any atom is 0.306 e. The quantitative estimate of drug-likeness (QED) is 0.309. The SMILES string of the molecule is CC1=CC(=O)[C@@H](O)[C@]2(C)[C@H]3[C@@H](O[Si](C)(C)C(C)(C)C)[C@H](O[Si](C)(C)C(C)(C)C)[C@@]4(C)OC[C@@]35[C@@H](C[C@@H]12)OC(=O)C[C@@H]45. The van der Waals surface area contributed by atoms with Crippen LogP contribution in [0.25, 0.3) is 0 Å². The Morgan fingerprint density at radius 2 is 1.54 bits per heavy atom. The molecule has 0 aromatic carbocycles. The van der Waals surface area contributed by atoms with E-state index in [-0.39, 0.29) is 52.1 Å². The Bertz CT molecular complexity index is 1170. The number of esters is 1. The molecule has 0 amide bonds. The van der Waals surface area contributed by atoms with E-state index in [9.17, 15) is 14.7 Å². The molecule has 2 bridgehead atoms. The highest BCUT2D eigenvalue weighted by molar-refractivity contribution is 6.74. The van der Waals surface area contributed by atoms with Gasteiger partial charge in [0.15, 0.2) is 22.4 Å². The molecule has 9 heteroatoms. The van der Waals surface area contributed by atoms with Crippen LogP contribution in [0.15, 0.2) is 11.6 Å². The molecule has 5 aliphatic rings. The van der Waals surface area contributed by atoms with Gasteiger partial charge in [-0.3, -0.25) is 9.59 Å². The molecule has 4 fully saturated rings. The molecule has 2 heterocycles. The lowest BCUT2D eigenvalue weighted by molar-refractivity contribution is -0.275. The van der Waals surface area contributed by atoms with E-state index in [0.717, 1.165) is 5.57 Å². The third-order valence-electron chi connectivity index (χ3n) is 13.1. The van der Waals surface area contributed by atoms with Crippen LogP contribution in [0.2, 0.25) is 36.3 Å². The first-order chi connectivity index (χ1) is 18.4. The van der Waals surface area contributed by atoms with Crippen LogP contribution >= 0.6 is 0 Å². The minimum atomic E-state index is -2.40. The Balaban J connectivity index is 1.80. The summed E-state index contributed by atoms with van der Waals surface area (Å²) in [4.78, 5) is 26.7. The second-order valence-electron chi connectivity index (χ2n) is 17.3. The lowest BCUT2D eigenvalue weighted by atomic mass is 9.38. The Kier molecular flexibility index (Phi) is 7.01. The number of aliphatic hydroxyl groups excluding tert-OH is 1. The Labute approximate surface area is 249 Å². The maximum absolute atomic E-state index is 13.4. The van der Waals surface area contributed by atoms with Gasteiger partial charge in [0.05, 0.1) is 30.8 Å². The summed E-state index contributed by atoms with van der Waals surface area (Å²) in [6, 6.07) is 0. The summed E-state index contributed by atoms with van der Waals surface area (Å²) in [5.41, 5.74) is -1.23. The lowest BCUT2D eigenvalue weighted by Gasteiger charge is -2.69. The summed E-state index contributed by atoms with van der Waals surface area (Å²) in [6.07, 6.45) is -0.0359. The highest BCUT2D eigenvalue weighted by atomic mass is 28.4. The third kappa shape index (κ3) is 4.15. The second-order valence-corrected chi connectivity index (χ2v) is 26.8. The van der Waals surface area contributed by atoms with Gasteiger partial charge in [-0.1, -0.05) is 54.0 Å². The van der Waals surface area contributed by atoms with Crippen molar-refractivity contribution in [1.29, 1.82) is 0 Å². The molecule has 7 nitrogen and oxygen atoms in total. The van der Waals surface area contributed by atoms with Crippen LogP contribution < -0.4 is 0 Å². The maximum atomic E-state index is 13.4. The van der Waals surface area contributed by atoms with Crippen LogP contribution in [0.5, 0.6) is 0 Å². The van der Waals surface area contributed by atoms with Gasteiger partial charge in [-0.15, -0.1) is 0 Å². The second kappa shape index (κ2) is 9.10. The molecule has 0 radical (unpaired) electrons. The minimum absolute atomic E-state index is 0.0648. The minimum Gasteiger partial charge on any atom is -0.462 e. The molecule has 5 rings (SSSR count). The molecular weight excluding hydrogens is 553 g/mol. The molecule has 3 aliphatic carbocycles. The topological polar surface area (TPSA) is 91.3 Å². The van der Waals surface area contributed by atoms with Crippen molar-refractivity contribution in [2.75, 3.05) is 6.61 Å². The van der Waals surface area contributed by atoms with Crippen molar-refractivity contribution >= 4 is 28.4 Å². The normalized spacial score (nSPS) is 44.6. The van der Waals surface area contributed by atoms with E-state index in [1.54, 1.807) is 6.08 Å². The molecule has 232 valence electrons. The fourth-order valence-electron chi connectivity index (χ4n) is 8.76. The van der Waals surface area contributed by atoms with Gasteiger partial charge in [0.25, 0.3) is 0 Å². The molecule has 1 N–H and O–H groups in total. The van der Waals surface area contributed by atoms with Crippen molar-refractivity contribution in [3.63, 3.8) is 0 Å². The summed E-state index contributed by atoms with van der Waals surface area (Å²) < 4.78 is 28.1. The smallest absolute Gasteiger partial charge is 0.306 e. The number of carbonyl (C=O) groups excluding carboxylic acids is 2. The molecular formula is C32H54O7Si2. The molecule has 2 saturated heterocycles. The number of fused-ring (bicyclic) bond motifs is 2. The van der Waals surface area contributed by atoms with E-state index in [0.29, 0.717) is 13.0 Å². The van der Waals surface area contributed by atoms with Gasteiger partial charge in [0, 0.05) is 22.7 Å². The van der Waals surface area contributed by atoms with Crippen LogP contribution in [0.3, 0.4) is 0 Å². The van der Waals surface area contributed by atoms with Gasteiger partial charge < -0.3 is 23.4 Å². The molecule has 0 aromatic heterocycles. The Morgan fingerprint density at radius 1 is 0.976 bits per heavy atom. The summed E-state index contributed by atoms with van der Waals surface area (Å²) in [5.74, 6) is -1.05. The summed E-state index contributed by atoms with van der Waals surface area (Å²) in [6.45, 7) is 29.1. The number of allylic oxidation sites excluding steroid dienone is 1. The first kappa shape index (κ1) is 31.6. The molecule has 10 atom stereocenters. The van der Waals surface area contributed by atoms with Gasteiger partial charge in [-0.2, -0.15) is 0 Å². The van der Waals surface area contributed by atoms with Crippen LogP contribution in [0, 0.1) is 28.6 Å². The Hall–Kier alpha value is -0.846. The third-order valence-corrected chi connectivity index (χ3v) is 22.0. The number of rotatable bonds is 4. The number of ketones is 1. The fraction of sp³-hybridized carbons (Fsp3) is 0.875. The average molecular weight is 607 g/mol. The van der Waals surface area contributed by atoms with E-state index >= 15 is 0 Å². The van der Waals surface area contributed by atoms with Crippen LogP contribution in [0.4, 0.5) is 0 Å². The molecule has 0 aromatic rings. The van der Waals surface area contributed by atoms with Gasteiger partial charge in [0.2, 0.25) is 0 Å². The van der Waals surface area contributed by atoms with E-state index in [1.165, 1.54) is 0 Å². The first-order valence-corrected chi connectivity index (χ1v) is 21.4. The zero-order chi connectivity index (χ0) is 30.9. The number of aliphatic hydroxyl groups is 1. The predicted molar refractivity (Wildman–Crippen MR) is 163 cm³/mol. The van der Waals surface area contributed by atoms with Crippen LogP contribution in [0.1, 0.15) is 75.2 Å². The Morgan fingerprint density at radius 3 is 2.10 bits per heavy atom. The van der Waals surface area contributed by atoms with Crippen LogP contribution in [-0.4, -0.2) is 70.1 Å². The molecule has 41 heavy (non-hydrogen) atoms. The van der Waals surface area contributed by atoms with Crippen molar-refractivity contribution in [1.82, 2.24) is 0 Å². The lowest BCUT2D eigenvalue weighted by Crippen LogP contribution is -2.78. The van der Waals surface area contributed by atoms with Crippen molar-refractivity contribution in [2.24, 2.45) is 28.6 Å². The zero-order valence-electron chi connectivity index (χ0n) is 27.6. The number of ether oxygens (including phenoxy) is 2. The first-order valence-electron chi connectivity index (χ1n) is 15.5. The summed E-state index contributed by atoms with van der Waals surface area (Å²) in [7, 11) is -4.78. The fourth-order valence-corrected chi connectivity index (χ4v) is 11.4. The molecule has 2 aliphatic heterocycles. The number of hydrogen-bond donors (Lipinski definition) is 1. The summed E-state index contributed by atoms with van der Waals surface area (Å²) >= 11 is 0. The van der Waals surface area contributed by atoms with E-state index in [2.05, 4.69) is 81.6 Å². The van der Waals surface area contributed by atoms with E-state index in [1.807, 2.05) is 6.92 Å². The highest BCUT2D eigenvalue weighted by Gasteiger charge is 2.81. The van der Waals surface area contributed by atoms with Gasteiger partial charge in [-0.25, -0.2) is 0 Å².